The van der Waals surface area contributed by atoms with Crippen LogP contribution >= 0.6 is 37.2 Å². The predicted molar refractivity (Wildman–Crippen MR) is 50.7 cm³/mol. The molecule has 0 aliphatic carbocycles. The number of aryl methyl sites for hydroxylation is 1. The zero-order valence-electron chi connectivity index (χ0n) is 5.48. The Morgan fingerprint density at radius 3 is 1.90 bits per heavy atom. The van der Waals surface area contributed by atoms with Gasteiger partial charge in [0.15, 0.2) is 0 Å². The first-order valence-electron chi connectivity index (χ1n) is 2.27. The van der Waals surface area contributed by atoms with Crippen molar-refractivity contribution < 1.29 is 0 Å². The van der Waals surface area contributed by atoms with Crippen LogP contribution in [0.3, 0.4) is 0 Å². The van der Waals surface area contributed by atoms with Gasteiger partial charge in [0, 0.05) is 11.9 Å². The van der Waals surface area contributed by atoms with Gasteiger partial charge in [0.25, 0.3) is 0 Å². The van der Waals surface area contributed by atoms with Crippen molar-refractivity contribution in [2.24, 2.45) is 0 Å². The highest BCUT2D eigenvalue weighted by Crippen LogP contribution is 1.85. The first-order valence-corrected chi connectivity index (χ1v) is 2.27. The van der Waals surface area contributed by atoms with Crippen molar-refractivity contribution in [3.8, 4) is 0 Å². The smallest absolute Gasteiger partial charge is 0.0372 e. The number of pyridine rings is 1. The third-order valence-corrected chi connectivity index (χ3v) is 0.813. The van der Waals surface area contributed by atoms with Crippen molar-refractivity contribution in [2.75, 3.05) is 0 Å². The summed E-state index contributed by atoms with van der Waals surface area (Å²) in [4.78, 5) is 3.98. The third kappa shape index (κ3) is 6.14. The fourth-order valence-corrected chi connectivity index (χ4v) is 0.448. The van der Waals surface area contributed by atoms with Gasteiger partial charge in [0.2, 0.25) is 0 Å². The molecule has 0 amide bonds. The molecule has 0 aromatic carbocycles. The van der Waals surface area contributed by atoms with E-state index in [2.05, 4.69) is 4.98 Å². The molecule has 0 bridgehead atoms. The minimum absolute atomic E-state index is 0. The average molecular weight is 203 g/mol. The van der Waals surface area contributed by atoms with E-state index in [4.69, 9.17) is 0 Å². The van der Waals surface area contributed by atoms with Crippen molar-refractivity contribution >= 4 is 37.2 Å². The molecule has 0 spiro atoms. The largest absolute Gasteiger partial charge is 0.262 e. The van der Waals surface area contributed by atoms with Crippen molar-refractivity contribution in [3.63, 3.8) is 0 Å². The quantitative estimate of drug-likeness (QED) is 0.630. The second-order valence-electron chi connectivity index (χ2n) is 1.47. The molecule has 1 nitrogen and oxygen atoms in total. The summed E-state index contributed by atoms with van der Waals surface area (Å²) in [6, 6.07) is 5.86. The normalized spacial score (nSPS) is 6.10. The molecule has 0 aliphatic heterocycles. The van der Waals surface area contributed by atoms with Gasteiger partial charge in [-0.2, -0.15) is 0 Å². The molecule has 0 radical (unpaired) electrons. The maximum Gasteiger partial charge on any atom is 0.0372 e. The molecule has 0 saturated carbocycles. The minimum Gasteiger partial charge on any atom is -0.262 e. The minimum atomic E-state index is 0. The van der Waals surface area contributed by atoms with Crippen LogP contribution in [0.1, 0.15) is 5.69 Å². The maximum absolute atomic E-state index is 3.98. The van der Waals surface area contributed by atoms with E-state index in [9.17, 15) is 0 Å². The number of nitrogens with zero attached hydrogens (tertiary/aromatic N) is 1. The Balaban J connectivity index is -0.000000163. The molecule has 1 rings (SSSR count). The number of halogens is 3. The summed E-state index contributed by atoms with van der Waals surface area (Å²) in [5.74, 6) is 0. The molecule has 0 atom stereocenters. The average Bonchev–Trinajstić information content (AvgIpc) is 1.69. The molecule has 0 saturated heterocycles. The van der Waals surface area contributed by atoms with Crippen LogP contribution < -0.4 is 0 Å². The monoisotopic (exact) mass is 201 g/mol. The molecule has 60 valence electrons. The fraction of sp³-hybridized carbons (Fsp3) is 0.167. The van der Waals surface area contributed by atoms with Crippen LogP contribution in [0.25, 0.3) is 0 Å². The molecule has 0 unspecified atom stereocenters. The highest BCUT2D eigenvalue weighted by molar-refractivity contribution is 5.86. The number of hydrogen-bond donors (Lipinski definition) is 0. The van der Waals surface area contributed by atoms with Crippen LogP contribution in [0.4, 0.5) is 0 Å². The highest BCUT2D eigenvalue weighted by Gasteiger charge is 1.73. The molecule has 10 heavy (non-hydrogen) atoms. The second-order valence-corrected chi connectivity index (χ2v) is 1.47. The van der Waals surface area contributed by atoms with Crippen molar-refractivity contribution in [2.45, 2.75) is 6.92 Å². The lowest BCUT2D eigenvalue weighted by Gasteiger charge is -1.82. The van der Waals surface area contributed by atoms with E-state index in [-0.39, 0.29) is 37.2 Å². The first kappa shape index (κ1) is 16.5. The Bertz CT molecular complexity index is 143. The topological polar surface area (TPSA) is 12.9 Å². The van der Waals surface area contributed by atoms with Gasteiger partial charge in [-0.1, -0.05) is 6.07 Å². The summed E-state index contributed by atoms with van der Waals surface area (Å²) < 4.78 is 0. The van der Waals surface area contributed by atoms with Crippen LogP contribution in [0.15, 0.2) is 24.4 Å². The van der Waals surface area contributed by atoms with E-state index in [0.29, 0.717) is 0 Å². The molecular weight excluding hydrogens is 192 g/mol. The summed E-state index contributed by atoms with van der Waals surface area (Å²) in [6.07, 6.45) is 1.79. The van der Waals surface area contributed by atoms with Crippen LogP contribution in [0.5, 0.6) is 0 Å². The predicted octanol–water partition coefficient (Wildman–Crippen LogP) is 2.66. The third-order valence-electron chi connectivity index (χ3n) is 0.813. The van der Waals surface area contributed by atoms with Gasteiger partial charge in [-0.15, -0.1) is 37.2 Å². The van der Waals surface area contributed by atoms with Crippen LogP contribution in [0.2, 0.25) is 0 Å². The molecular formula is C6H10Cl3N. The molecule has 0 fully saturated rings. The van der Waals surface area contributed by atoms with Crippen LogP contribution in [-0.2, 0) is 0 Å². The van der Waals surface area contributed by atoms with Gasteiger partial charge < -0.3 is 0 Å². The zero-order valence-corrected chi connectivity index (χ0v) is 7.93. The molecule has 0 N–H and O–H groups in total. The molecule has 1 heterocycles. The molecule has 0 aliphatic rings. The standard InChI is InChI=1S/C6H7N.3ClH/c1-6-4-2-3-5-7-6;;;/h2-5H,1H3;3*1H. The Labute approximate surface area is 79.5 Å². The van der Waals surface area contributed by atoms with Gasteiger partial charge in [0.1, 0.15) is 0 Å². The lowest BCUT2D eigenvalue weighted by Crippen LogP contribution is -1.72. The molecule has 4 heteroatoms. The van der Waals surface area contributed by atoms with Gasteiger partial charge in [-0.25, -0.2) is 0 Å². The number of aromatic nitrogens is 1. The Kier molecular flexibility index (Phi) is 14.9. The summed E-state index contributed by atoms with van der Waals surface area (Å²) in [6.45, 7) is 1.97. The van der Waals surface area contributed by atoms with E-state index in [1.165, 1.54) is 0 Å². The van der Waals surface area contributed by atoms with E-state index in [1.807, 2.05) is 25.1 Å². The summed E-state index contributed by atoms with van der Waals surface area (Å²) >= 11 is 0. The van der Waals surface area contributed by atoms with E-state index < -0.39 is 0 Å². The van der Waals surface area contributed by atoms with Crippen LogP contribution in [0, 0.1) is 6.92 Å². The van der Waals surface area contributed by atoms with Crippen LogP contribution in [-0.4, -0.2) is 4.98 Å². The Morgan fingerprint density at radius 1 is 1.10 bits per heavy atom. The molecule has 1 aromatic heterocycles. The number of rotatable bonds is 0. The highest BCUT2D eigenvalue weighted by atomic mass is 35.5. The Hall–Kier alpha value is 0.0200. The lowest BCUT2D eigenvalue weighted by molar-refractivity contribution is 1.20. The van der Waals surface area contributed by atoms with E-state index in [1.54, 1.807) is 6.20 Å². The van der Waals surface area contributed by atoms with Gasteiger partial charge in [0.05, 0.1) is 0 Å². The van der Waals surface area contributed by atoms with Gasteiger partial charge >= 0.3 is 0 Å². The second kappa shape index (κ2) is 9.02. The number of hydrogen-bond acceptors (Lipinski definition) is 1. The van der Waals surface area contributed by atoms with Crippen molar-refractivity contribution in [1.82, 2.24) is 4.98 Å². The van der Waals surface area contributed by atoms with E-state index in [0.717, 1.165) is 5.69 Å². The summed E-state index contributed by atoms with van der Waals surface area (Å²) in [5.41, 5.74) is 1.07. The summed E-state index contributed by atoms with van der Waals surface area (Å²) in [7, 11) is 0. The van der Waals surface area contributed by atoms with Crippen molar-refractivity contribution in [1.29, 1.82) is 0 Å². The summed E-state index contributed by atoms with van der Waals surface area (Å²) in [5, 5.41) is 0. The van der Waals surface area contributed by atoms with Gasteiger partial charge in [-0.3, -0.25) is 4.98 Å². The van der Waals surface area contributed by atoms with E-state index >= 15 is 0 Å². The lowest BCUT2D eigenvalue weighted by atomic mass is 10.4. The van der Waals surface area contributed by atoms with Gasteiger partial charge in [-0.05, 0) is 19.1 Å². The fourth-order valence-electron chi connectivity index (χ4n) is 0.448. The first-order chi connectivity index (χ1) is 3.39. The maximum atomic E-state index is 3.98. The van der Waals surface area contributed by atoms with Crippen molar-refractivity contribution in [3.05, 3.63) is 30.1 Å². The Morgan fingerprint density at radius 2 is 1.70 bits per heavy atom. The SMILES string of the molecule is Cc1ccccn1.Cl.Cl.Cl. The zero-order chi connectivity index (χ0) is 5.11. The molecule has 1 aromatic rings.